The molecule has 7 nitrogen and oxygen atoms in total. The average molecular weight is 431 g/mol. The maximum atomic E-state index is 12.3. The Morgan fingerprint density at radius 2 is 1.84 bits per heavy atom. The summed E-state index contributed by atoms with van der Waals surface area (Å²) in [5.41, 5.74) is 0.184. The van der Waals surface area contributed by atoms with Gasteiger partial charge in [0.05, 0.1) is 11.3 Å². The quantitative estimate of drug-likeness (QED) is 0.734. The molecule has 2 aliphatic rings. The molecule has 0 spiro atoms. The number of hydrogen-bond acceptors (Lipinski definition) is 6. The zero-order valence-electron chi connectivity index (χ0n) is 16.1. The number of alkyl halides is 3. The summed E-state index contributed by atoms with van der Waals surface area (Å²) >= 11 is 0. The second-order valence-electron chi connectivity index (χ2n) is 6.70. The number of carbonyl (C=O) groups is 1. The first-order valence-corrected chi connectivity index (χ1v) is 9.09. The number of aliphatic imine (C=N–C) groups is 1. The van der Waals surface area contributed by atoms with Crippen LogP contribution in [0.2, 0.25) is 0 Å². The van der Waals surface area contributed by atoms with Gasteiger partial charge in [-0.1, -0.05) is 12.1 Å². The third kappa shape index (κ3) is 4.63. The molecular weight excluding hydrogens is 415 g/mol. The van der Waals surface area contributed by atoms with Gasteiger partial charge in [-0.25, -0.2) is 9.79 Å². The lowest BCUT2D eigenvalue weighted by Gasteiger charge is -2.23. The Labute approximate surface area is 174 Å². The van der Waals surface area contributed by atoms with Crippen LogP contribution in [0.1, 0.15) is 12.5 Å². The van der Waals surface area contributed by atoms with Crippen molar-refractivity contribution in [3.05, 3.63) is 78.2 Å². The molecule has 2 N–H and O–H groups in total. The van der Waals surface area contributed by atoms with E-state index in [1.54, 1.807) is 42.6 Å². The number of carbonyl (C=O) groups excluding carboxylic acids is 1. The van der Waals surface area contributed by atoms with Gasteiger partial charge in [0, 0.05) is 0 Å². The standard InChI is InChI=1S/C21H16F3N3O4/c1-20-17(7-4-12-25-20)30-18(27-20)15-5-2-3-6-16(15)26-19(28)29-13-8-10-14(11-9-13)31-21(22,23)24/h2-12,25H,1H3,(H,26,28). The van der Waals surface area contributed by atoms with Crippen molar-refractivity contribution in [3.8, 4) is 11.5 Å². The number of para-hydroxylation sites is 1. The number of nitrogens with zero attached hydrogens (tertiary/aromatic N) is 1. The van der Waals surface area contributed by atoms with Gasteiger partial charge in [-0.3, -0.25) is 5.32 Å². The molecule has 4 rings (SSSR count). The molecule has 2 aromatic carbocycles. The van der Waals surface area contributed by atoms with Crippen LogP contribution in [0, 0.1) is 0 Å². The number of dihydropyridines is 1. The van der Waals surface area contributed by atoms with Crippen LogP contribution in [-0.4, -0.2) is 24.0 Å². The molecule has 1 atom stereocenters. The number of halogens is 3. The Morgan fingerprint density at radius 3 is 2.55 bits per heavy atom. The third-order valence-corrected chi connectivity index (χ3v) is 4.38. The molecular formula is C21H16F3N3O4. The van der Waals surface area contributed by atoms with E-state index in [4.69, 9.17) is 9.47 Å². The van der Waals surface area contributed by atoms with E-state index in [0.29, 0.717) is 22.9 Å². The predicted molar refractivity (Wildman–Crippen MR) is 106 cm³/mol. The van der Waals surface area contributed by atoms with Crippen LogP contribution < -0.4 is 20.1 Å². The zero-order valence-corrected chi connectivity index (χ0v) is 16.1. The highest BCUT2D eigenvalue weighted by molar-refractivity contribution is 6.04. The minimum atomic E-state index is -4.80. The van der Waals surface area contributed by atoms with Crippen LogP contribution in [0.25, 0.3) is 0 Å². The molecule has 2 aliphatic heterocycles. The van der Waals surface area contributed by atoms with Crippen LogP contribution in [0.3, 0.4) is 0 Å². The predicted octanol–water partition coefficient (Wildman–Crippen LogP) is 4.69. The van der Waals surface area contributed by atoms with Crippen LogP contribution in [0.4, 0.5) is 23.7 Å². The van der Waals surface area contributed by atoms with Crippen LogP contribution in [0.5, 0.6) is 11.5 Å². The summed E-state index contributed by atoms with van der Waals surface area (Å²) in [6.45, 7) is 1.85. The highest BCUT2D eigenvalue weighted by Crippen LogP contribution is 2.33. The number of allylic oxidation sites excluding steroid dienone is 2. The van der Waals surface area contributed by atoms with E-state index in [2.05, 4.69) is 20.4 Å². The lowest BCUT2D eigenvalue weighted by molar-refractivity contribution is -0.274. The molecule has 1 unspecified atom stereocenters. The number of fused-ring (bicyclic) bond motifs is 1. The lowest BCUT2D eigenvalue weighted by atomic mass is 10.1. The Morgan fingerprint density at radius 1 is 1.13 bits per heavy atom. The SMILES string of the molecule is CC12N=C(c3ccccc3NC(=O)Oc3ccc(OC(F)(F)F)cc3)OC1=CC=CN2. The number of anilines is 1. The highest BCUT2D eigenvalue weighted by atomic mass is 19.4. The summed E-state index contributed by atoms with van der Waals surface area (Å²) < 4.78 is 51.5. The number of ether oxygens (including phenoxy) is 3. The van der Waals surface area contributed by atoms with Crippen molar-refractivity contribution in [1.82, 2.24) is 5.32 Å². The summed E-state index contributed by atoms with van der Waals surface area (Å²) in [6, 6.07) is 11.3. The number of hydrogen-bond donors (Lipinski definition) is 2. The minimum Gasteiger partial charge on any atom is -0.438 e. The summed E-state index contributed by atoms with van der Waals surface area (Å²) in [7, 11) is 0. The van der Waals surface area contributed by atoms with Gasteiger partial charge in [0.15, 0.2) is 11.4 Å². The summed E-state index contributed by atoms with van der Waals surface area (Å²) in [5, 5.41) is 5.71. The van der Waals surface area contributed by atoms with Gasteiger partial charge in [0.2, 0.25) is 5.90 Å². The van der Waals surface area contributed by atoms with Gasteiger partial charge in [-0.15, -0.1) is 13.2 Å². The van der Waals surface area contributed by atoms with Gasteiger partial charge < -0.3 is 19.5 Å². The maximum absolute atomic E-state index is 12.3. The van der Waals surface area contributed by atoms with Crippen molar-refractivity contribution in [2.45, 2.75) is 18.9 Å². The van der Waals surface area contributed by atoms with E-state index < -0.39 is 23.9 Å². The monoisotopic (exact) mass is 431 g/mol. The van der Waals surface area contributed by atoms with E-state index in [1.807, 2.05) is 6.92 Å². The summed E-state index contributed by atoms with van der Waals surface area (Å²) in [5.74, 6) is 0.547. The normalized spacial score (nSPS) is 19.4. The summed E-state index contributed by atoms with van der Waals surface area (Å²) in [4.78, 5) is 16.9. The molecule has 0 aliphatic carbocycles. The number of rotatable bonds is 4. The number of benzene rings is 2. The lowest BCUT2D eigenvalue weighted by Crippen LogP contribution is -2.38. The smallest absolute Gasteiger partial charge is 0.438 e. The van der Waals surface area contributed by atoms with Crippen molar-refractivity contribution >= 4 is 17.7 Å². The maximum Gasteiger partial charge on any atom is 0.573 e. The van der Waals surface area contributed by atoms with Gasteiger partial charge in [-0.05, 0) is 61.7 Å². The molecule has 160 valence electrons. The number of amides is 1. The van der Waals surface area contributed by atoms with Crippen LogP contribution >= 0.6 is 0 Å². The van der Waals surface area contributed by atoms with Crippen molar-refractivity contribution in [2.75, 3.05) is 5.32 Å². The topological polar surface area (TPSA) is 81.2 Å². The molecule has 0 fully saturated rings. The molecule has 0 saturated heterocycles. The fraction of sp³-hybridized carbons (Fsp3) is 0.143. The molecule has 2 aromatic rings. The van der Waals surface area contributed by atoms with Gasteiger partial charge >= 0.3 is 12.5 Å². The molecule has 0 bridgehead atoms. The average Bonchev–Trinajstić information content (AvgIpc) is 3.06. The largest absolute Gasteiger partial charge is 0.573 e. The van der Waals surface area contributed by atoms with Crippen LogP contribution in [-0.2, 0) is 4.74 Å². The highest BCUT2D eigenvalue weighted by Gasteiger charge is 2.38. The first kappa shape index (κ1) is 20.3. The van der Waals surface area contributed by atoms with E-state index >= 15 is 0 Å². The first-order chi connectivity index (χ1) is 14.7. The van der Waals surface area contributed by atoms with Crippen molar-refractivity contribution < 1.29 is 32.2 Å². The first-order valence-electron chi connectivity index (χ1n) is 9.09. The summed E-state index contributed by atoms with van der Waals surface area (Å²) in [6.07, 6.45) is -0.291. The second kappa shape index (κ2) is 7.71. The number of nitrogens with one attached hydrogen (secondary N) is 2. The minimum absolute atomic E-state index is 0.0397. The fourth-order valence-electron chi connectivity index (χ4n) is 2.98. The van der Waals surface area contributed by atoms with Crippen molar-refractivity contribution in [1.29, 1.82) is 0 Å². The van der Waals surface area contributed by atoms with Gasteiger partial charge in [-0.2, -0.15) is 0 Å². The molecule has 31 heavy (non-hydrogen) atoms. The van der Waals surface area contributed by atoms with E-state index in [1.165, 1.54) is 12.1 Å². The Balaban J connectivity index is 1.46. The van der Waals surface area contributed by atoms with E-state index in [9.17, 15) is 18.0 Å². The van der Waals surface area contributed by atoms with Crippen molar-refractivity contribution in [2.24, 2.45) is 4.99 Å². The fourth-order valence-corrected chi connectivity index (χ4v) is 2.98. The van der Waals surface area contributed by atoms with E-state index in [-0.39, 0.29) is 5.75 Å². The Kier molecular flexibility index (Phi) is 5.05. The molecule has 0 aromatic heterocycles. The van der Waals surface area contributed by atoms with Crippen LogP contribution in [0.15, 0.2) is 77.6 Å². The zero-order chi connectivity index (χ0) is 22.1. The second-order valence-corrected chi connectivity index (χ2v) is 6.70. The van der Waals surface area contributed by atoms with E-state index in [0.717, 1.165) is 12.1 Å². The molecule has 0 radical (unpaired) electrons. The third-order valence-electron chi connectivity index (χ3n) is 4.38. The van der Waals surface area contributed by atoms with Crippen molar-refractivity contribution in [3.63, 3.8) is 0 Å². The molecule has 0 saturated carbocycles. The molecule has 2 heterocycles. The van der Waals surface area contributed by atoms with Gasteiger partial charge in [0.25, 0.3) is 0 Å². The molecule has 10 heteroatoms. The Hall–Kier alpha value is -3.95. The Bertz CT molecular complexity index is 1090. The molecule has 1 amide bonds. The van der Waals surface area contributed by atoms with Gasteiger partial charge in [0.1, 0.15) is 11.5 Å².